The standard InChI is InChI=1S/C19H22Cl2N2O5S/c1-22(11-13-5-8-17(27-2)18(9-13)28-3)19(24)12-23(29(4,25)26)16-10-14(20)6-7-15(16)21/h5-10H,11-12H2,1-4H3. The Morgan fingerprint density at radius 1 is 1.03 bits per heavy atom. The largest absolute Gasteiger partial charge is 0.493 e. The van der Waals surface area contributed by atoms with Gasteiger partial charge >= 0.3 is 0 Å². The Morgan fingerprint density at radius 3 is 2.28 bits per heavy atom. The second-order valence-corrected chi connectivity index (χ2v) is 9.05. The molecule has 158 valence electrons. The van der Waals surface area contributed by atoms with E-state index < -0.39 is 22.5 Å². The number of amides is 1. The average molecular weight is 461 g/mol. The molecular weight excluding hydrogens is 439 g/mol. The molecule has 0 aromatic heterocycles. The van der Waals surface area contributed by atoms with Crippen molar-refractivity contribution in [1.29, 1.82) is 0 Å². The van der Waals surface area contributed by atoms with E-state index in [1.807, 2.05) is 0 Å². The summed E-state index contributed by atoms with van der Waals surface area (Å²) in [5.74, 6) is 0.694. The molecule has 0 saturated heterocycles. The van der Waals surface area contributed by atoms with Crippen LogP contribution >= 0.6 is 23.2 Å². The van der Waals surface area contributed by atoms with Crippen LogP contribution in [0.3, 0.4) is 0 Å². The minimum absolute atomic E-state index is 0.148. The van der Waals surface area contributed by atoms with Crippen LogP contribution in [0.15, 0.2) is 36.4 Å². The van der Waals surface area contributed by atoms with E-state index in [2.05, 4.69) is 0 Å². The van der Waals surface area contributed by atoms with Crippen molar-refractivity contribution in [3.05, 3.63) is 52.0 Å². The lowest BCUT2D eigenvalue weighted by atomic mass is 10.2. The number of hydrogen-bond donors (Lipinski definition) is 0. The maximum absolute atomic E-state index is 12.7. The van der Waals surface area contributed by atoms with Crippen molar-refractivity contribution in [2.75, 3.05) is 38.4 Å². The topological polar surface area (TPSA) is 76.2 Å². The third kappa shape index (κ3) is 5.91. The number of carbonyl (C=O) groups excluding carboxylic acids is 1. The van der Waals surface area contributed by atoms with Crippen molar-refractivity contribution in [2.45, 2.75) is 6.54 Å². The Bertz CT molecular complexity index is 998. The van der Waals surface area contributed by atoms with Crippen molar-refractivity contribution in [3.63, 3.8) is 0 Å². The van der Waals surface area contributed by atoms with Crippen LogP contribution in [0.25, 0.3) is 0 Å². The van der Waals surface area contributed by atoms with E-state index in [-0.39, 0.29) is 17.3 Å². The molecular formula is C19H22Cl2N2O5S. The van der Waals surface area contributed by atoms with Crippen LogP contribution in [0.5, 0.6) is 11.5 Å². The lowest BCUT2D eigenvalue weighted by Gasteiger charge is -2.26. The SMILES string of the molecule is COc1ccc(CN(C)C(=O)CN(c2cc(Cl)ccc2Cl)S(C)(=O)=O)cc1OC. The quantitative estimate of drug-likeness (QED) is 0.602. The zero-order valence-corrected chi connectivity index (χ0v) is 18.8. The molecule has 7 nitrogen and oxygen atoms in total. The Labute approximate surface area is 180 Å². The summed E-state index contributed by atoms with van der Waals surface area (Å²) in [6, 6.07) is 9.72. The van der Waals surface area contributed by atoms with Gasteiger partial charge in [0.25, 0.3) is 0 Å². The number of likely N-dealkylation sites (N-methyl/N-ethyl adjacent to an activating group) is 1. The summed E-state index contributed by atoms with van der Waals surface area (Å²) in [4.78, 5) is 14.2. The predicted octanol–water partition coefficient (Wildman–Crippen LogP) is 3.44. The van der Waals surface area contributed by atoms with Crippen LogP contribution in [-0.2, 0) is 21.4 Å². The zero-order valence-electron chi connectivity index (χ0n) is 16.5. The predicted molar refractivity (Wildman–Crippen MR) is 115 cm³/mol. The molecule has 2 rings (SSSR count). The molecule has 0 aliphatic rings. The molecule has 2 aromatic rings. The Balaban J connectivity index is 2.22. The molecule has 0 bridgehead atoms. The molecule has 0 fully saturated rings. The molecule has 0 atom stereocenters. The molecule has 10 heteroatoms. The lowest BCUT2D eigenvalue weighted by Crippen LogP contribution is -2.41. The molecule has 0 N–H and O–H groups in total. The maximum atomic E-state index is 12.7. The molecule has 0 unspecified atom stereocenters. The van der Waals surface area contributed by atoms with E-state index in [1.165, 1.54) is 31.3 Å². The van der Waals surface area contributed by atoms with Crippen molar-refractivity contribution < 1.29 is 22.7 Å². The van der Waals surface area contributed by atoms with Gasteiger partial charge in [-0.3, -0.25) is 9.10 Å². The molecule has 29 heavy (non-hydrogen) atoms. The fourth-order valence-electron chi connectivity index (χ4n) is 2.64. The number of methoxy groups -OCH3 is 2. The number of halogens is 2. The van der Waals surface area contributed by atoms with Crippen molar-refractivity contribution >= 4 is 44.8 Å². The van der Waals surface area contributed by atoms with Gasteiger partial charge in [0, 0.05) is 18.6 Å². The lowest BCUT2D eigenvalue weighted by molar-refractivity contribution is -0.128. The summed E-state index contributed by atoms with van der Waals surface area (Å²) in [6.07, 6.45) is 1.01. The monoisotopic (exact) mass is 460 g/mol. The number of ether oxygens (including phenoxy) is 2. The summed E-state index contributed by atoms with van der Waals surface area (Å²) in [7, 11) is 0.869. The summed E-state index contributed by atoms with van der Waals surface area (Å²) in [5.41, 5.74) is 0.944. The summed E-state index contributed by atoms with van der Waals surface area (Å²) in [5, 5.41) is 0.486. The Kier molecular flexibility index (Phi) is 7.62. The average Bonchev–Trinajstić information content (AvgIpc) is 2.66. The first kappa shape index (κ1) is 23.1. The fraction of sp³-hybridized carbons (Fsp3) is 0.316. The van der Waals surface area contributed by atoms with Gasteiger partial charge in [-0.2, -0.15) is 0 Å². The van der Waals surface area contributed by atoms with Gasteiger partial charge in [-0.1, -0.05) is 29.3 Å². The number of nitrogens with zero attached hydrogens (tertiary/aromatic N) is 2. The molecule has 0 aliphatic carbocycles. The van der Waals surface area contributed by atoms with Crippen LogP contribution in [0.4, 0.5) is 5.69 Å². The van der Waals surface area contributed by atoms with Gasteiger partial charge in [-0.05, 0) is 35.9 Å². The van der Waals surface area contributed by atoms with E-state index in [1.54, 1.807) is 31.3 Å². The van der Waals surface area contributed by atoms with E-state index in [9.17, 15) is 13.2 Å². The van der Waals surface area contributed by atoms with Crippen LogP contribution < -0.4 is 13.8 Å². The molecule has 0 aliphatic heterocycles. The first-order valence-corrected chi connectivity index (χ1v) is 11.0. The summed E-state index contributed by atoms with van der Waals surface area (Å²) >= 11 is 12.1. The van der Waals surface area contributed by atoms with Gasteiger partial charge in [-0.15, -0.1) is 0 Å². The molecule has 2 aromatic carbocycles. The highest BCUT2D eigenvalue weighted by Crippen LogP contribution is 2.31. The second kappa shape index (κ2) is 9.56. The zero-order chi connectivity index (χ0) is 21.8. The molecule has 1 amide bonds. The van der Waals surface area contributed by atoms with Gasteiger partial charge in [0.2, 0.25) is 15.9 Å². The smallest absolute Gasteiger partial charge is 0.243 e. The van der Waals surface area contributed by atoms with E-state index in [0.717, 1.165) is 16.1 Å². The molecule has 0 radical (unpaired) electrons. The van der Waals surface area contributed by atoms with Gasteiger partial charge in [0.05, 0.1) is 31.2 Å². The number of anilines is 1. The Morgan fingerprint density at radius 2 is 1.69 bits per heavy atom. The number of rotatable bonds is 8. The van der Waals surface area contributed by atoms with Gasteiger partial charge < -0.3 is 14.4 Å². The molecule has 0 heterocycles. The van der Waals surface area contributed by atoms with Crippen LogP contribution in [0.2, 0.25) is 10.0 Å². The first-order chi connectivity index (χ1) is 13.6. The van der Waals surface area contributed by atoms with Crippen LogP contribution in [0.1, 0.15) is 5.56 Å². The highest BCUT2D eigenvalue weighted by atomic mass is 35.5. The van der Waals surface area contributed by atoms with Crippen molar-refractivity contribution in [3.8, 4) is 11.5 Å². The third-order valence-corrected chi connectivity index (χ3v) is 5.83. The van der Waals surface area contributed by atoms with Crippen molar-refractivity contribution in [1.82, 2.24) is 4.90 Å². The van der Waals surface area contributed by atoms with E-state index in [4.69, 9.17) is 32.7 Å². The van der Waals surface area contributed by atoms with Crippen LogP contribution in [-0.4, -0.2) is 53.3 Å². The minimum atomic E-state index is -3.77. The highest BCUT2D eigenvalue weighted by molar-refractivity contribution is 7.92. The number of benzene rings is 2. The normalized spacial score (nSPS) is 11.1. The summed E-state index contributed by atoms with van der Waals surface area (Å²) in [6.45, 7) is -0.164. The summed E-state index contributed by atoms with van der Waals surface area (Å²) < 4.78 is 36.0. The Hall–Kier alpha value is -2.16. The second-order valence-electron chi connectivity index (χ2n) is 6.30. The highest BCUT2D eigenvalue weighted by Gasteiger charge is 2.25. The van der Waals surface area contributed by atoms with E-state index >= 15 is 0 Å². The van der Waals surface area contributed by atoms with Gasteiger partial charge in [0.1, 0.15) is 6.54 Å². The molecule has 0 spiro atoms. The van der Waals surface area contributed by atoms with Gasteiger partial charge in [-0.25, -0.2) is 8.42 Å². The minimum Gasteiger partial charge on any atom is -0.493 e. The van der Waals surface area contributed by atoms with E-state index in [0.29, 0.717) is 16.5 Å². The number of hydrogen-bond acceptors (Lipinski definition) is 5. The maximum Gasteiger partial charge on any atom is 0.243 e. The fourth-order valence-corrected chi connectivity index (χ4v) is 3.93. The first-order valence-electron chi connectivity index (χ1n) is 8.44. The van der Waals surface area contributed by atoms with Crippen LogP contribution in [0, 0.1) is 0 Å². The third-order valence-electron chi connectivity index (χ3n) is 4.15. The number of carbonyl (C=O) groups is 1. The number of sulfonamides is 1. The van der Waals surface area contributed by atoms with Crippen molar-refractivity contribution in [2.24, 2.45) is 0 Å². The van der Waals surface area contributed by atoms with Gasteiger partial charge in [0.15, 0.2) is 11.5 Å². The molecule has 0 saturated carbocycles.